The molecule has 0 amide bonds. The third kappa shape index (κ3) is 4.43. The number of aryl methyl sites for hydroxylation is 2. The minimum absolute atomic E-state index is 0.110. The third-order valence-electron chi connectivity index (χ3n) is 3.97. The fraction of sp³-hybridized carbons (Fsp3) is 0.100. The van der Waals surface area contributed by atoms with Gasteiger partial charge < -0.3 is 10.1 Å². The van der Waals surface area contributed by atoms with E-state index in [4.69, 9.17) is 16.6 Å². The molecule has 0 aliphatic rings. The number of ether oxygens (including phenoxy) is 1. The second-order valence-electron chi connectivity index (χ2n) is 6.06. The smallest absolute Gasteiger partial charge is 0.240 e. The van der Waals surface area contributed by atoms with E-state index in [0.717, 1.165) is 11.1 Å². The molecule has 0 aliphatic heterocycles. The fourth-order valence-electron chi connectivity index (χ4n) is 2.65. The molecule has 3 aromatic rings. The van der Waals surface area contributed by atoms with Gasteiger partial charge in [0.1, 0.15) is 10.2 Å². The molecule has 0 atom stereocenters. The van der Waals surface area contributed by atoms with Crippen LogP contribution in [0.2, 0.25) is 0 Å². The maximum Gasteiger partial charge on any atom is 0.240 e. The Kier molecular flexibility index (Phi) is 5.93. The Labute approximate surface area is 175 Å². The van der Waals surface area contributed by atoms with Gasteiger partial charge in [0, 0.05) is 5.69 Å². The molecule has 144 valence electrons. The first-order valence-corrected chi connectivity index (χ1v) is 9.16. The lowest BCUT2D eigenvalue weighted by molar-refractivity contribution is 0.383. The van der Waals surface area contributed by atoms with E-state index in [1.54, 1.807) is 36.4 Å². The Hall–Kier alpha value is -3.66. The Balaban J connectivity index is 1.98. The summed E-state index contributed by atoms with van der Waals surface area (Å²) in [6.07, 6.45) is 0. The number of halogens is 1. The van der Waals surface area contributed by atoms with Crippen molar-refractivity contribution in [2.45, 2.75) is 13.8 Å². The van der Waals surface area contributed by atoms with Crippen LogP contribution in [0.5, 0.6) is 11.6 Å². The molecular weight excluding hydrogens is 436 g/mol. The second-order valence-corrected chi connectivity index (χ2v) is 6.86. The van der Waals surface area contributed by atoms with Crippen LogP contribution in [0.25, 0.3) is 4.85 Å². The maximum atomic E-state index is 9.42. The van der Waals surface area contributed by atoms with Gasteiger partial charge in [0.15, 0.2) is 11.5 Å². The lowest BCUT2D eigenvalue weighted by Crippen LogP contribution is -2.05. The van der Waals surface area contributed by atoms with Crippen molar-refractivity contribution >= 4 is 39.1 Å². The van der Waals surface area contributed by atoms with Crippen molar-refractivity contribution in [2.24, 2.45) is 0 Å². The number of nitrogens with one attached hydrogen (secondary N) is 2. The van der Waals surface area contributed by atoms with E-state index in [2.05, 4.69) is 42.1 Å². The molecule has 0 radical (unpaired) electrons. The van der Waals surface area contributed by atoms with Gasteiger partial charge in [-0.15, -0.1) is 0 Å². The molecule has 0 saturated heterocycles. The monoisotopic (exact) mass is 450 g/mol. The molecule has 0 spiro atoms. The van der Waals surface area contributed by atoms with Crippen molar-refractivity contribution in [3.63, 3.8) is 0 Å². The van der Waals surface area contributed by atoms with Gasteiger partial charge in [-0.1, -0.05) is 12.1 Å². The minimum Gasteiger partial charge on any atom is -0.437 e. The number of hydrogen-bond donors (Lipinski definition) is 3. The van der Waals surface area contributed by atoms with Crippen LogP contribution in [-0.4, -0.2) is 15.2 Å². The van der Waals surface area contributed by atoms with Crippen LogP contribution in [0.1, 0.15) is 16.7 Å². The highest BCUT2D eigenvalue weighted by Gasteiger charge is 2.17. The van der Waals surface area contributed by atoms with Crippen molar-refractivity contribution in [3.05, 3.63) is 69.0 Å². The zero-order chi connectivity index (χ0) is 21.0. The number of anilines is 3. The largest absolute Gasteiger partial charge is 0.437 e. The van der Waals surface area contributed by atoms with E-state index in [0.29, 0.717) is 27.2 Å². The normalized spacial score (nSPS) is 10.0. The maximum absolute atomic E-state index is 9.42. The van der Waals surface area contributed by atoms with Crippen molar-refractivity contribution < 1.29 is 9.94 Å². The fourth-order valence-corrected chi connectivity index (χ4v) is 2.99. The summed E-state index contributed by atoms with van der Waals surface area (Å²) < 4.78 is 6.32. The predicted molar refractivity (Wildman–Crippen MR) is 112 cm³/mol. The predicted octanol–water partition coefficient (Wildman–Crippen LogP) is 5.62. The quantitative estimate of drug-likeness (QED) is 0.342. The van der Waals surface area contributed by atoms with Gasteiger partial charge in [0.2, 0.25) is 11.8 Å². The Morgan fingerprint density at radius 2 is 1.83 bits per heavy atom. The van der Waals surface area contributed by atoms with E-state index in [-0.39, 0.29) is 17.6 Å². The average molecular weight is 451 g/mol. The van der Waals surface area contributed by atoms with Crippen molar-refractivity contribution in [1.29, 1.82) is 5.26 Å². The SMILES string of the molecule is [C-]#[N+]c1ccc(Nc2nc(NO)c(Br)c(Oc3c(C)cc(C#N)cc3C)n2)cc1. The Bertz CT molecular complexity index is 1130. The van der Waals surface area contributed by atoms with Gasteiger partial charge in [0.25, 0.3) is 0 Å². The highest BCUT2D eigenvalue weighted by Crippen LogP contribution is 2.37. The molecule has 9 heteroatoms. The highest BCUT2D eigenvalue weighted by molar-refractivity contribution is 9.10. The second kappa shape index (κ2) is 8.57. The van der Waals surface area contributed by atoms with Gasteiger partial charge >= 0.3 is 0 Å². The van der Waals surface area contributed by atoms with Crippen LogP contribution in [0.15, 0.2) is 40.9 Å². The van der Waals surface area contributed by atoms with E-state index in [1.807, 2.05) is 19.3 Å². The topological polar surface area (TPSA) is 107 Å². The van der Waals surface area contributed by atoms with Crippen LogP contribution in [0.4, 0.5) is 23.1 Å². The summed E-state index contributed by atoms with van der Waals surface area (Å²) in [5, 5.41) is 21.5. The van der Waals surface area contributed by atoms with Crippen molar-refractivity contribution in [1.82, 2.24) is 9.97 Å². The summed E-state index contributed by atoms with van der Waals surface area (Å²) in [6.45, 7) is 10.7. The Morgan fingerprint density at radius 1 is 1.17 bits per heavy atom. The summed E-state index contributed by atoms with van der Waals surface area (Å²) in [7, 11) is 0. The van der Waals surface area contributed by atoms with E-state index in [9.17, 15) is 5.21 Å². The van der Waals surface area contributed by atoms with Crippen LogP contribution in [0, 0.1) is 31.8 Å². The van der Waals surface area contributed by atoms with Crippen molar-refractivity contribution in [2.75, 3.05) is 10.8 Å². The van der Waals surface area contributed by atoms with Gasteiger partial charge in [-0.2, -0.15) is 15.2 Å². The highest BCUT2D eigenvalue weighted by atomic mass is 79.9. The number of rotatable bonds is 5. The molecular formula is C20H15BrN6O2. The van der Waals surface area contributed by atoms with Crippen LogP contribution in [-0.2, 0) is 0 Å². The molecule has 29 heavy (non-hydrogen) atoms. The van der Waals surface area contributed by atoms with E-state index < -0.39 is 0 Å². The zero-order valence-electron chi connectivity index (χ0n) is 15.5. The standard InChI is InChI=1S/C20H15BrN6O2/c1-11-8-13(10-22)9-12(2)17(11)29-19-16(21)18(27-28)25-20(26-19)24-15-6-4-14(23-3)5-7-15/h4-9,28H,1-2H3,(H2,24,25,26,27). The first kappa shape index (κ1) is 20.1. The van der Waals surface area contributed by atoms with E-state index in [1.165, 1.54) is 0 Å². The zero-order valence-corrected chi connectivity index (χ0v) is 17.1. The lowest BCUT2D eigenvalue weighted by atomic mass is 10.1. The van der Waals surface area contributed by atoms with Gasteiger partial charge in [-0.25, -0.2) is 4.85 Å². The molecule has 0 aliphatic carbocycles. The van der Waals surface area contributed by atoms with Gasteiger partial charge in [0.05, 0.1) is 18.2 Å². The summed E-state index contributed by atoms with van der Waals surface area (Å²) in [6, 6.07) is 12.3. The molecule has 1 aromatic heterocycles. The molecule has 0 fully saturated rings. The summed E-state index contributed by atoms with van der Waals surface area (Å²) >= 11 is 3.33. The van der Waals surface area contributed by atoms with Gasteiger partial charge in [-0.05, 0) is 65.2 Å². The molecule has 8 nitrogen and oxygen atoms in total. The molecule has 3 N–H and O–H groups in total. The minimum atomic E-state index is 0.110. The average Bonchev–Trinajstić information content (AvgIpc) is 2.72. The number of benzene rings is 2. The molecule has 0 bridgehead atoms. The van der Waals surface area contributed by atoms with Crippen LogP contribution in [0.3, 0.4) is 0 Å². The number of aromatic nitrogens is 2. The molecule has 1 heterocycles. The van der Waals surface area contributed by atoms with E-state index >= 15 is 0 Å². The summed E-state index contributed by atoms with van der Waals surface area (Å²) in [4.78, 5) is 11.9. The number of nitrogens with zero attached hydrogens (tertiary/aromatic N) is 4. The van der Waals surface area contributed by atoms with Crippen LogP contribution < -0.4 is 15.5 Å². The summed E-state index contributed by atoms with van der Waals surface area (Å²) in [5.74, 6) is 1.02. The number of nitriles is 1. The third-order valence-corrected chi connectivity index (χ3v) is 4.68. The Morgan fingerprint density at radius 3 is 2.38 bits per heavy atom. The molecule has 0 unspecified atom stereocenters. The summed E-state index contributed by atoms with van der Waals surface area (Å²) in [5.41, 5.74) is 5.28. The first-order chi connectivity index (χ1) is 13.9. The lowest BCUT2D eigenvalue weighted by Gasteiger charge is -2.15. The first-order valence-electron chi connectivity index (χ1n) is 8.36. The van der Waals surface area contributed by atoms with Gasteiger partial charge in [-0.3, -0.25) is 10.7 Å². The van der Waals surface area contributed by atoms with Crippen molar-refractivity contribution in [3.8, 4) is 17.7 Å². The molecule has 3 rings (SSSR count). The molecule has 0 saturated carbocycles. The van der Waals surface area contributed by atoms with Crippen LogP contribution >= 0.6 is 15.9 Å². The molecule has 2 aromatic carbocycles. The number of hydrogen-bond acceptors (Lipinski definition) is 7.